The Kier molecular flexibility index (Phi) is 5.10. The summed E-state index contributed by atoms with van der Waals surface area (Å²) in [6.45, 7) is 4.22. The third-order valence-electron chi connectivity index (χ3n) is 3.18. The molecular weight excluding hydrogens is 266 g/mol. The first-order chi connectivity index (χ1) is 9.56. The molecule has 1 unspecified atom stereocenters. The van der Waals surface area contributed by atoms with Crippen LogP contribution in [-0.2, 0) is 5.75 Å². The van der Waals surface area contributed by atoms with Crippen molar-refractivity contribution in [3.05, 3.63) is 64.7 Å². The highest BCUT2D eigenvalue weighted by Gasteiger charge is 2.10. The minimum absolute atomic E-state index is 0.507. The molecule has 2 aromatic carbocycles. The van der Waals surface area contributed by atoms with Gasteiger partial charge in [0, 0.05) is 22.8 Å². The van der Waals surface area contributed by atoms with Gasteiger partial charge in [-0.2, -0.15) is 11.8 Å². The predicted molar refractivity (Wildman–Crippen MR) is 87.9 cm³/mol. The van der Waals surface area contributed by atoms with Gasteiger partial charge in [-0.05, 0) is 25.5 Å². The lowest BCUT2D eigenvalue weighted by atomic mass is 10.1. The first-order valence-corrected chi connectivity index (χ1v) is 7.89. The van der Waals surface area contributed by atoms with E-state index in [0.29, 0.717) is 11.4 Å². The van der Waals surface area contributed by atoms with Gasteiger partial charge in [0.2, 0.25) is 0 Å². The van der Waals surface area contributed by atoms with E-state index in [4.69, 9.17) is 5.73 Å². The van der Waals surface area contributed by atoms with Gasteiger partial charge in [-0.3, -0.25) is 0 Å². The van der Waals surface area contributed by atoms with Gasteiger partial charge in [0.25, 0.3) is 0 Å². The van der Waals surface area contributed by atoms with E-state index in [-0.39, 0.29) is 0 Å². The number of anilines is 1. The molecule has 3 heteroatoms. The molecule has 0 amide bonds. The van der Waals surface area contributed by atoms with Crippen LogP contribution in [0.2, 0.25) is 0 Å². The summed E-state index contributed by atoms with van der Waals surface area (Å²) in [5.41, 5.74) is 11.2. The number of para-hydroxylation sites is 1. The molecule has 0 spiro atoms. The van der Waals surface area contributed by atoms with Gasteiger partial charge in [0.15, 0.2) is 0 Å². The summed E-state index contributed by atoms with van der Waals surface area (Å²) in [7, 11) is 0. The number of benzene rings is 2. The maximum atomic E-state index is 10.2. The van der Waals surface area contributed by atoms with Crippen LogP contribution in [0.25, 0.3) is 0 Å². The zero-order valence-electron chi connectivity index (χ0n) is 12.0. The molecule has 1 atom stereocenters. The van der Waals surface area contributed by atoms with Crippen molar-refractivity contribution in [3.63, 3.8) is 0 Å². The van der Waals surface area contributed by atoms with Crippen LogP contribution in [0.5, 0.6) is 0 Å². The van der Waals surface area contributed by atoms with E-state index >= 15 is 0 Å². The highest BCUT2D eigenvalue weighted by molar-refractivity contribution is 7.98. The Balaban J connectivity index is 1.91. The van der Waals surface area contributed by atoms with E-state index in [1.165, 1.54) is 16.7 Å². The minimum atomic E-state index is -0.507. The number of aliphatic hydroxyl groups excluding tert-OH is 1. The molecule has 0 bridgehead atoms. The smallest absolute Gasteiger partial charge is 0.0900 e. The van der Waals surface area contributed by atoms with Gasteiger partial charge in [0.05, 0.1) is 6.10 Å². The number of rotatable bonds is 5. The molecule has 2 nitrogen and oxygen atoms in total. The second-order valence-electron chi connectivity index (χ2n) is 5.16. The average Bonchev–Trinajstić information content (AvgIpc) is 2.38. The molecule has 0 radical (unpaired) electrons. The van der Waals surface area contributed by atoms with Gasteiger partial charge in [-0.1, -0.05) is 47.5 Å². The Morgan fingerprint density at radius 2 is 1.75 bits per heavy atom. The van der Waals surface area contributed by atoms with Gasteiger partial charge in [0.1, 0.15) is 0 Å². The van der Waals surface area contributed by atoms with Crippen LogP contribution in [0.15, 0.2) is 42.5 Å². The molecule has 0 aromatic heterocycles. The predicted octanol–water partition coefficient (Wildman–Crippen LogP) is 3.85. The van der Waals surface area contributed by atoms with Gasteiger partial charge < -0.3 is 10.8 Å². The SMILES string of the molecule is Cc1cc(C)cc(CSCC(O)c2ccccc2N)c1. The average molecular weight is 287 g/mol. The summed E-state index contributed by atoms with van der Waals surface area (Å²) in [4.78, 5) is 0. The van der Waals surface area contributed by atoms with Crippen LogP contribution >= 0.6 is 11.8 Å². The second-order valence-corrected chi connectivity index (χ2v) is 6.19. The quantitative estimate of drug-likeness (QED) is 0.821. The van der Waals surface area contributed by atoms with E-state index in [1.807, 2.05) is 24.3 Å². The monoisotopic (exact) mass is 287 g/mol. The Labute approximate surface area is 125 Å². The topological polar surface area (TPSA) is 46.2 Å². The number of hydrogen-bond acceptors (Lipinski definition) is 3. The molecule has 0 aliphatic heterocycles. The van der Waals surface area contributed by atoms with E-state index < -0.39 is 6.10 Å². The van der Waals surface area contributed by atoms with Crippen LogP contribution in [0.3, 0.4) is 0 Å². The van der Waals surface area contributed by atoms with Gasteiger partial charge >= 0.3 is 0 Å². The van der Waals surface area contributed by atoms with Crippen LogP contribution in [0, 0.1) is 13.8 Å². The highest BCUT2D eigenvalue weighted by atomic mass is 32.2. The Morgan fingerprint density at radius 1 is 1.10 bits per heavy atom. The zero-order chi connectivity index (χ0) is 14.5. The summed E-state index contributed by atoms with van der Waals surface area (Å²) in [5.74, 6) is 1.56. The number of thioether (sulfide) groups is 1. The minimum Gasteiger partial charge on any atom is -0.398 e. The first kappa shape index (κ1) is 14.9. The standard InChI is InChI=1S/C17H21NOS/c1-12-7-13(2)9-14(8-12)10-20-11-17(19)15-5-3-4-6-16(15)18/h3-9,17,19H,10-11,18H2,1-2H3. The van der Waals surface area contributed by atoms with Gasteiger partial charge in [-0.25, -0.2) is 0 Å². The molecule has 0 aliphatic rings. The van der Waals surface area contributed by atoms with Crippen molar-refractivity contribution in [1.29, 1.82) is 0 Å². The molecular formula is C17H21NOS. The van der Waals surface area contributed by atoms with E-state index in [9.17, 15) is 5.11 Å². The molecule has 0 saturated carbocycles. The van der Waals surface area contributed by atoms with Crippen molar-refractivity contribution in [1.82, 2.24) is 0 Å². The third kappa shape index (κ3) is 4.02. The highest BCUT2D eigenvalue weighted by Crippen LogP contribution is 2.25. The number of nitrogens with two attached hydrogens (primary N) is 1. The molecule has 106 valence electrons. The van der Waals surface area contributed by atoms with Crippen LogP contribution < -0.4 is 5.73 Å². The lowest BCUT2D eigenvalue weighted by molar-refractivity contribution is 0.205. The van der Waals surface area contributed by atoms with Crippen molar-refractivity contribution in [3.8, 4) is 0 Å². The normalized spacial score (nSPS) is 12.3. The fraction of sp³-hybridized carbons (Fsp3) is 0.294. The largest absolute Gasteiger partial charge is 0.398 e. The van der Waals surface area contributed by atoms with Gasteiger partial charge in [-0.15, -0.1) is 0 Å². The van der Waals surface area contributed by atoms with E-state index in [1.54, 1.807) is 11.8 Å². The molecule has 2 aromatic rings. The maximum absolute atomic E-state index is 10.2. The molecule has 0 aliphatic carbocycles. The zero-order valence-corrected chi connectivity index (χ0v) is 12.8. The summed E-state index contributed by atoms with van der Waals surface area (Å²) >= 11 is 1.73. The molecule has 0 fully saturated rings. The summed E-state index contributed by atoms with van der Waals surface area (Å²) in [6, 6.07) is 14.1. The second kappa shape index (κ2) is 6.82. The van der Waals surface area contributed by atoms with Crippen molar-refractivity contribution in [2.75, 3.05) is 11.5 Å². The molecule has 3 N–H and O–H groups in total. The molecule has 0 saturated heterocycles. The molecule has 2 rings (SSSR count). The van der Waals surface area contributed by atoms with Crippen LogP contribution in [0.1, 0.15) is 28.4 Å². The maximum Gasteiger partial charge on any atom is 0.0900 e. The fourth-order valence-corrected chi connectivity index (χ4v) is 3.27. The number of hydrogen-bond donors (Lipinski definition) is 2. The lowest BCUT2D eigenvalue weighted by Crippen LogP contribution is -2.04. The van der Waals surface area contributed by atoms with Crippen LogP contribution in [-0.4, -0.2) is 10.9 Å². The molecule has 20 heavy (non-hydrogen) atoms. The number of aryl methyl sites for hydroxylation is 2. The summed E-state index contributed by atoms with van der Waals surface area (Å²) < 4.78 is 0. The molecule has 0 heterocycles. The Bertz CT molecular complexity index is 563. The van der Waals surface area contributed by atoms with Crippen molar-refractivity contribution < 1.29 is 5.11 Å². The number of aliphatic hydroxyl groups is 1. The van der Waals surface area contributed by atoms with Crippen molar-refractivity contribution in [2.24, 2.45) is 0 Å². The first-order valence-electron chi connectivity index (χ1n) is 6.73. The number of nitrogen functional groups attached to an aromatic ring is 1. The Morgan fingerprint density at radius 3 is 2.40 bits per heavy atom. The van der Waals surface area contributed by atoms with E-state index in [2.05, 4.69) is 32.0 Å². The van der Waals surface area contributed by atoms with Crippen molar-refractivity contribution >= 4 is 17.4 Å². The summed E-state index contributed by atoms with van der Waals surface area (Å²) in [5, 5.41) is 10.2. The third-order valence-corrected chi connectivity index (χ3v) is 4.27. The van der Waals surface area contributed by atoms with Crippen LogP contribution in [0.4, 0.5) is 5.69 Å². The Hall–Kier alpha value is -1.45. The van der Waals surface area contributed by atoms with E-state index in [0.717, 1.165) is 11.3 Å². The summed E-state index contributed by atoms with van der Waals surface area (Å²) in [6.07, 6.45) is -0.507. The fourth-order valence-electron chi connectivity index (χ4n) is 2.34. The van der Waals surface area contributed by atoms with Crippen molar-refractivity contribution in [2.45, 2.75) is 25.7 Å². The lowest BCUT2D eigenvalue weighted by Gasteiger charge is -2.13.